The molecule has 0 aliphatic rings. The molecule has 0 spiro atoms. The van der Waals surface area contributed by atoms with Crippen molar-refractivity contribution >= 4 is 17.2 Å². The van der Waals surface area contributed by atoms with E-state index in [1.165, 1.54) is 0 Å². The average molecular weight is 322 g/mol. The van der Waals surface area contributed by atoms with E-state index in [0.717, 1.165) is 27.4 Å². The number of rotatable bonds is 4. The van der Waals surface area contributed by atoms with Crippen molar-refractivity contribution in [2.24, 2.45) is 0 Å². The molecule has 0 radical (unpaired) electrons. The fourth-order valence-corrected chi connectivity index (χ4v) is 3.28. The highest BCUT2D eigenvalue weighted by atomic mass is 32.1. The Morgan fingerprint density at radius 1 is 1.13 bits per heavy atom. The number of hydrogen-bond donors (Lipinski definition) is 1. The van der Waals surface area contributed by atoms with Crippen LogP contribution in [0.3, 0.4) is 0 Å². The molecule has 1 N–H and O–H groups in total. The van der Waals surface area contributed by atoms with Gasteiger partial charge in [-0.15, -0.1) is 11.3 Å². The lowest BCUT2D eigenvalue weighted by Gasteiger charge is -2.09. The molecule has 116 valence electrons. The number of benzene rings is 2. The van der Waals surface area contributed by atoms with E-state index in [9.17, 15) is 4.79 Å². The van der Waals surface area contributed by atoms with E-state index in [-0.39, 0.29) is 5.91 Å². The van der Waals surface area contributed by atoms with Crippen molar-refractivity contribution in [2.75, 3.05) is 0 Å². The first kappa shape index (κ1) is 15.4. The Balaban J connectivity index is 1.77. The summed E-state index contributed by atoms with van der Waals surface area (Å²) in [5.74, 6) is -0.0566. The Morgan fingerprint density at radius 2 is 1.96 bits per heavy atom. The second-order valence-corrected chi connectivity index (χ2v) is 6.36. The van der Waals surface area contributed by atoms with Crippen LogP contribution in [-0.4, -0.2) is 10.9 Å². The molecular formula is C19H18N2OS. The minimum Gasteiger partial charge on any atom is -0.348 e. The highest BCUT2D eigenvalue weighted by molar-refractivity contribution is 7.13. The molecule has 0 saturated heterocycles. The van der Waals surface area contributed by atoms with Gasteiger partial charge in [0, 0.05) is 28.7 Å². The Labute approximate surface area is 140 Å². The molecule has 0 saturated carbocycles. The molecule has 0 aliphatic carbocycles. The maximum Gasteiger partial charge on any atom is 0.251 e. The number of aromatic nitrogens is 1. The number of amides is 1. The lowest BCUT2D eigenvalue weighted by molar-refractivity contribution is 0.0951. The monoisotopic (exact) mass is 322 g/mol. The van der Waals surface area contributed by atoms with Gasteiger partial charge in [-0.2, -0.15) is 0 Å². The van der Waals surface area contributed by atoms with Gasteiger partial charge in [0.15, 0.2) is 0 Å². The zero-order valence-corrected chi connectivity index (χ0v) is 14.0. The van der Waals surface area contributed by atoms with Gasteiger partial charge in [-0.3, -0.25) is 4.79 Å². The second kappa shape index (κ2) is 6.75. The summed E-state index contributed by atoms with van der Waals surface area (Å²) in [6, 6.07) is 15.7. The average Bonchev–Trinajstić information content (AvgIpc) is 2.99. The third kappa shape index (κ3) is 3.66. The van der Waals surface area contributed by atoms with Gasteiger partial charge in [0.2, 0.25) is 0 Å². The van der Waals surface area contributed by atoms with E-state index in [0.29, 0.717) is 12.1 Å². The van der Waals surface area contributed by atoms with Gasteiger partial charge in [0.05, 0.1) is 0 Å². The molecule has 1 heterocycles. The number of nitrogens with zero attached hydrogens (tertiary/aromatic N) is 1. The molecular weight excluding hydrogens is 304 g/mol. The molecule has 23 heavy (non-hydrogen) atoms. The molecule has 1 aromatic heterocycles. The lowest BCUT2D eigenvalue weighted by atomic mass is 10.1. The summed E-state index contributed by atoms with van der Waals surface area (Å²) in [5, 5.41) is 6.03. The van der Waals surface area contributed by atoms with Crippen LogP contribution in [0, 0.1) is 13.8 Å². The number of thiazole rings is 1. The maximum absolute atomic E-state index is 12.3. The highest BCUT2D eigenvalue weighted by Gasteiger charge is 2.10. The van der Waals surface area contributed by atoms with Gasteiger partial charge in [0.25, 0.3) is 5.91 Å². The van der Waals surface area contributed by atoms with Gasteiger partial charge in [-0.25, -0.2) is 4.98 Å². The van der Waals surface area contributed by atoms with Gasteiger partial charge >= 0.3 is 0 Å². The molecule has 0 fully saturated rings. The molecule has 0 aliphatic heterocycles. The van der Waals surface area contributed by atoms with Crippen molar-refractivity contribution in [3.8, 4) is 10.6 Å². The summed E-state index contributed by atoms with van der Waals surface area (Å²) in [6.07, 6.45) is 0. The summed E-state index contributed by atoms with van der Waals surface area (Å²) in [4.78, 5) is 16.8. The van der Waals surface area contributed by atoms with E-state index in [1.807, 2.05) is 67.8 Å². The summed E-state index contributed by atoms with van der Waals surface area (Å²) < 4.78 is 0. The van der Waals surface area contributed by atoms with Gasteiger partial charge in [0.1, 0.15) is 5.01 Å². The van der Waals surface area contributed by atoms with Crippen molar-refractivity contribution in [3.05, 3.63) is 76.3 Å². The number of nitrogens with one attached hydrogen (secondary N) is 1. The molecule has 3 rings (SSSR count). The molecule has 4 heteroatoms. The van der Waals surface area contributed by atoms with Crippen LogP contribution in [0.5, 0.6) is 0 Å². The zero-order valence-electron chi connectivity index (χ0n) is 13.2. The fraction of sp³-hybridized carbons (Fsp3) is 0.158. The predicted molar refractivity (Wildman–Crippen MR) is 94.6 cm³/mol. The number of carbonyl (C=O) groups is 1. The Hall–Kier alpha value is -2.46. The van der Waals surface area contributed by atoms with E-state index in [2.05, 4.69) is 10.3 Å². The van der Waals surface area contributed by atoms with Crippen LogP contribution in [0.25, 0.3) is 10.6 Å². The molecule has 3 aromatic rings. The van der Waals surface area contributed by atoms with Crippen molar-refractivity contribution in [2.45, 2.75) is 20.4 Å². The standard InChI is InChI=1S/C19H18N2OS/c1-13-6-5-8-15(10-13)18(22)20-11-16-7-3-4-9-17(16)19-21-14(2)12-23-19/h3-10,12H,11H2,1-2H3,(H,20,22). The van der Waals surface area contributed by atoms with E-state index in [4.69, 9.17) is 0 Å². The summed E-state index contributed by atoms with van der Waals surface area (Å²) in [5.41, 5.74) is 4.94. The molecule has 0 unspecified atom stereocenters. The first-order chi connectivity index (χ1) is 11.1. The van der Waals surface area contributed by atoms with Crippen LogP contribution in [0.1, 0.15) is 27.2 Å². The Kier molecular flexibility index (Phi) is 4.53. The SMILES string of the molecule is Cc1cccc(C(=O)NCc2ccccc2-c2nc(C)cs2)c1. The first-order valence-corrected chi connectivity index (χ1v) is 8.37. The largest absolute Gasteiger partial charge is 0.348 e. The molecule has 2 aromatic carbocycles. The maximum atomic E-state index is 12.3. The minimum absolute atomic E-state index is 0.0566. The highest BCUT2D eigenvalue weighted by Crippen LogP contribution is 2.26. The molecule has 3 nitrogen and oxygen atoms in total. The molecule has 1 amide bonds. The van der Waals surface area contributed by atoms with Gasteiger partial charge in [-0.05, 0) is 31.5 Å². The van der Waals surface area contributed by atoms with Crippen molar-refractivity contribution < 1.29 is 4.79 Å². The second-order valence-electron chi connectivity index (χ2n) is 5.50. The van der Waals surface area contributed by atoms with Crippen LogP contribution in [-0.2, 0) is 6.54 Å². The number of carbonyl (C=O) groups excluding carboxylic acids is 1. The Morgan fingerprint density at radius 3 is 2.70 bits per heavy atom. The van der Waals surface area contributed by atoms with Crippen molar-refractivity contribution in [1.82, 2.24) is 10.3 Å². The summed E-state index contributed by atoms with van der Waals surface area (Å²) >= 11 is 1.63. The van der Waals surface area contributed by atoms with Gasteiger partial charge in [-0.1, -0.05) is 42.0 Å². The lowest BCUT2D eigenvalue weighted by Crippen LogP contribution is -2.23. The fourth-order valence-electron chi connectivity index (χ4n) is 2.42. The van der Waals surface area contributed by atoms with E-state index < -0.39 is 0 Å². The van der Waals surface area contributed by atoms with Gasteiger partial charge < -0.3 is 5.32 Å². The van der Waals surface area contributed by atoms with E-state index in [1.54, 1.807) is 11.3 Å². The normalized spacial score (nSPS) is 10.5. The van der Waals surface area contributed by atoms with Crippen LogP contribution >= 0.6 is 11.3 Å². The first-order valence-electron chi connectivity index (χ1n) is 7.49. The smallest absolute Gasteiger partial charge is 0.251 e. The topological polar surface area (TPSA) is 42.0 Å². The van der Waals surface area contributed by atoms with Crippen LogP contribution in [0.4, 0.5) is 0 Å². The van der Waals surface area contributed by atoms with E-state index >= 15 is 0 Å². The minimum atomic E-state index is -0.0566. The van der Waals surface area contributed by atoms with Crippen molar-refractivity contribution in [3.63, 3.8) is 0 Å². The quantitative estimate of drug-likeness (QED) is 0.775. The molecule has 0 atom stereocenters. The van der Waals surface area contributed by atoms with Crippen molar-refractivity contribution in [1.29, 1.82) is 0 Å². The predicted octanol–water partition coefficient (Wildman–Crippen LogP) is 4.36. The van der Waals surface area contributed by atoms with Crippen LogP contribution in [0.15, 0.2) is 53.9 Å². The zero-order chi connectivity index (χ0) is 16.2. The summed E-state index contributed by atoms with van der Waals surface area (Å²) in [6.45, 7) is 4.46. The third-order valence-corrected chi connectivity index (χ3v) is 4.58. The summed E-state index contributed by atoms with van der Waals surface area (Å²) in [7, 11) is 0. The third-order valence-electron chi connectivity index (χ3n) is 3.59. The number of aryl methyl sites for hydroxylation is 2. The Bertz CT molecular complexity index is 839. The number of hydrogen-bond acceptors (Lipinski definition) is 3. The van der Waals surface area contributed by atoms with Crippen LogP contribution < -0.4 is 5.32 Å². The molecule has 0 bridgehead atoms. The van der Waals surface area contributed by atoms with Crippen LogP contribution in [0.2, 0.25) is 0 Å².